The van der Waals surface area contributed by atoms with Crippen LogP contribution in [0.15, 0.2) is 29.2 Å². The van der Waals surface area contributed by atoms with E-state index in [9.17, 15) is 4.79 Å². The minimum absolute atomic E-state index is 0.213. The lowest BCUT2D eigenvalue weighted by molar-refractivity contribution is -0.150. The second-order valence-corrected chi connectivity index (χ2v) is 5.51. The van der Waals surface area contributed by atoms with Gasteiger partial charge in [-0.2, -0.15) is 0 Å². The molecule has 0 saturated heterocycles. The molecule has 5 heteroatoms. The van der Waals surface area contributed by atoms with E-state index < -0.39 is 12.1 Å². The summed E-state index contributed by atoms with van der Waals surface area (Å²) >= 11 is 1.77. The molecule has 106 valence electrons. The van der Waals surface area contributed by atoms with Gasteiger partial charge in [0.15, 0.2) is 6.10 Å². The highest BCUT2D eigenvalue weighted by molar-refractivity contribution is 7.99. The zero-order valence-electron chi connectivity index (χ0n) is 11.3. The minimum Gasteiger partial charge on any atom is -0.479 e. The van der Waals surface area contributed by atoms with Crippen LogP contribution in [0.25, 0.3) is 0 Å². The third kappa shape index (κ3) is 5.22. The second kappa shape index (κ2) is 8.19. The van der Waals surface area contributed by atoms with Crippen molar-refractivity contribution in [2.24, 2.45) is 5.73 Å². The van der Waals surface area contributed by atoms with E-state index in [4.69, 9.17) is 15.6 Å². The van der Waals surface area contributed by atoms with E-state index >= 15 is 0 Å². The van der Waals surface area contributed by atoms with E-state index in [0.29, 0.717) is 6.42 Å². The van der Waals surface area contributed by atoms with Gasteiger partial charge in [-0.05, 0) is 29.9 Å². The van der Waals surface area contributed by atoms with Crippen LogP contribution in [-0.4, -0.2) is 29.5 Å². The Morgan fingerprint density at radius 3 is 2.47 bits per heavy atom. The number of aliphatic carboxylic acids is 1. The Hall–Kier alpha value is -1.04. The topological polar surface area (TPSA) is 72.5 Å². The van der Waals surface area contributed by atoms with Gasteiger partial charge >= 0.3 is 5.97 Å². The van der Waals surface area contributed by atoms with Crippen molar-refractivity contribution in [3.63, 3.8) is 0 Å². The maximum atomic E-state index is 10.8. The maximum absolute atomic E-state index is 10.8. The normalized spacial score (nSPS) is 14.1. The van der Waals surface area contributed by atoms with E-state index in [0.717, 1.165) is 11.3 Å². The Balaban J connectivity index is 2.53. The van der Waals surface area contributed by atoms with Crippen LogP contribution in [-0.2, 0) is 9.53 Å². The van der Waals surface area contributed by atoms with Crippen molar-refractivity contribution in [3.05, 3.63) is 29.8 Å². The van der Waals surface area contributed by atoms with E-state index in [2.05, 4.69) is 6.92 Å². The summed E-state index contributed by atoms with van der Waals surface area (Å²) in [5.41, 5.74) is 6.96. The Morgan fingerprint density at radius 1 is 1.37 bits per heavy atom. The molecule has 0 bridgehead atoms. The fourth-order valence-corrected chi connectivity index (χ4v) is 2.32. The highest BCUT2D eigenvalue weighted by atomic mass is 32.2. The molecule has 19 heavy (non-hydrogen) atoms. The van der Waals surface area contributed by atoms with Gasteiger partial charge in [-0.25, -0.2) is 4.79 Å². The zero-order chi connectivity index (χ0) is 14.3. The van der Waals surface area contributed by atoms with Crippen LogP contribution in [0.4, 0.5) is 0 Å². The first kappa shape index (κ1) is 16.0. The average Bonchev–Trinajstić information content (AvgIpc) is 2.40. The van der Waals surface area contributed by atoms with Gasteiger partial charge in [0.05, 0.1) is 12.6 Å². The molecule has 3 N–H and O–H groups in total. The number of carboxylic acid groups (broad SMARTS) is 1. The molecule has 0 aliphatic heterocycles. The number of nitrogens with two attached hydrogens (primary N) is 1. The van der Waals surface area contributed by atoms with E-state index in [1.54, 1.807) is 18.7 Å². The number of ether oxygens (including phenoxy) is 1. The molecule has 0 aliphatic rings. The SMILES string of the molecule is CCSc1ccc(C(N)CO[C@H](CC)C(=O)O)cc1. The second-order valence-electron chi connectivity index (χ2n) is 4.18. The molecule has 0 amide bonds. The van der Waals surface area contributed by atoms with Crippen molar-refractivity contribution in [2.75, 3.05) is 12.4 Å². The van der Waals surface area contributed by atoms with Crippen LogP contribution in [0, 0.1) is 0 Å². The number of hydrogen-bond donors (Lipinski definition) is 2. The number of hydrogen-bond acceptors (Lipinski definition) is 4. The Kier molecular flexibility index (Phi) is 6.91. The molecule has 4 nitrogen and oxygen atoms in total. The quantitative estimate of drug-likeness (QED) is 0.718. The van der Waals surface area contributed by atoms with Crippen LogP contribution in [0.5, 0.6) is 0 Å². The summed E-state index contributed by atoms with van der Waals surface area (Å²) < 4.78 is 5.32. The third-order valence-electron chi connectivity index (χ3n) is 2.74. The van der Waals surface area contributed by atoms with Crippen molar-refractivity contribution in [1.29, 1.82) is 0 Å². The lowest BCUT2D eigenvalue weighted by Crippen LogP contribution is -2.27. The monoisotopic (exact) mass is 283 g/mol. The molecule has 1 aromatic rings. The predicted molar refractivity (Wildman–Crippen MR) is 77.4 cm³/mol. The van der Waals surface area contributed by atoms with Crippen molar-refractivity contribution in [1.82, 2.24) is 0 Å². The molecular weight excluding hydrogens is 262 g/mol. The zero-order valence-corrected chi connectivity index (χ0v) is 12.2. The Morgan fingerprint density at radius 2 is 2.00 bits per heavy atom. The molecule has 2 atom stereocenters. The molecule has 0 heterocycles. The molecule has 0 aromatic heterocycles. The molecule has 1 aromatic carbocycles. The lowest BCUT2D eigenvalue weighted by atomic mass is 10.1. The number of rotatable bonds is 8. The lowest BCUT2D eigenvalue weighted by Gasteiger charge is -2.16. The van der Waals surface area contributed by atoms with E-state index in [1.165, 1.54) is 4.90 Å². The first-order valence-electron chi connectivity index (χ1n) is 6.41. The maximum Gasteiger partial charge on any atom is 0.332 e. The van der Waals surface area contributed by atoms with Gasteiger partial charge < -0.3 is 15.6 Å². The highest BCUT2D eigenvalue weighted by Crippen LogP contribution is 2.20. The molecule has 1 rings (SSSR count). The number of carboxylic acids is 1. The summed E-state index contributed by atoms with van der Waals surface area (Å²) in [6.07, 6.45) is -0.338. The number of benzene rings is 1. The fraction of sp³-hybridized carbons (Fsp3) is 0.500. The van der Waals surface area contributed by atoms with E-state index in [-0.39, 0.29) is 12.6 Å². The van der Waals surface area contributed by atoms with Crippen LogP contribution in [0.1, 0.15) is 31.9 Å². The standard InChI is InChI=1S/C14H21NO3S/c1-3-13(14(16)17)18-9-12(15)10-5-7-11(8-6-10)19-4-2/h5-8,12-13H,3-4,9,15H2,1-2H3,(H,16,17)/t12?,13-/m1/s1. The minimum atomic E-state index is -0.940. The third-order valence-corrected chi connectivity index (χ3v) is 3.64. The van der Waals surface area contributed by atoms with Crippen LogP contribution < -0.4 is 5.73 Å². The van der Waals surface area contributed by atoms with Crippen molar-refractivity contribution >= 4 is 17.7 Å². The molecular formula is C14H21NO3S. The fourth-order valence-electron chi connectivity index (χ4n) is 1.66. The van der Waals surface area contributed by atoms with Gasteiger partial charge in [-0.1, -0.05) is 26.0 Å². The molecule has 0 spiro atoms. The van der Waals surface area contributed by atoms with Gasteiger partial charge in [0.2, 0.25) is 0 Å². The smallest absolute Gasteiger partial charge is 0.332 e. The summed E-state index contributed by atoms with van der Waals surface area (Å²) in [6, 6.07) is 7.69. The predicted octanol–water partition coefficient (Wildman–Crippen LogP) is 2.68. The van der Waals surface area contributed by atoms with Gasteiger partial charge in [-0.15, -0.1) is 11.8 Å². The van der Waals surface area contributed by atoms with Crippen molar-refractivity contribution in [3.8, 4) is 0 Å². The summed E-state index contributed by atoms with van der Waals surface area (Å²) in [4.78, 5) is 12.0. The largest absolute Gasteiger partial charge is 0.479 e. The van der Waals surface area contributed by atoms with Crippen LogP contribution >= 0.6 is 11.8 Å². The van der Waals surface area contributed by atoms with Crippen LogP contribution in [0.3, 0.4) is 0 Å². The summed E-state index contributed by atoms with van der Waals surface area (Å²) in [5, 5.41) is 8.88. The van der Waals surface area contributed by atoms with Gasteiger partial charge in [0, 0.05) is 4.90 Å². The van der Waals surface area contributed by atoms with Crippen LogP contribution in [0.2, 0.25) is 0 Å². The van der Waals surface area contributed by atoms with Gasteiger partial charge in [-0.3, -0.25) is 0 Å². The van der Waals surface area contributed by atoms with Gasteiger partial charge in [0.1, 0.15) is 0 Å². The van der Waals surface area contributed by atoms with Gasteiger partial charge in [0.25, 0.3) is 0 Å². The number of carbonyl (C=O) groups is 1. The van der Waals surface area contributed by atoms with Crippen molar-refractivity contribution in [2.45, 2.75) is 37.3 Å². The number of thioether (sulfide) groups is 1. The molecule has 0 radical (unpaired) electrons. The Bertz CT molecular complexity index is 394. The summed E-state index contributed by atoms with van der Waals surface area (Å²) in [6.45, 7) is 4.10. The highest BCUT2D eigenvalue weighted by Gasteiger charge is 2.17. The molecule has 1 unspecified atom stereocenters. The first-order valence-corrected chi connectivity index (χ1v) is 7.39. The summed E-state index contributed by atoms with van der Waals surface area (Å²) in [7, 11) is 0. The average molecular weight is 283 g/mol. The molecule has 0 saturated carbocycles. The Labute approximate surface area is 118 Å². The van der Waals surface area contributed by atoms with E-state index in [1.807, 2.05) is 24.3 Å². The summed E-state index contributed by atoms with van der Waals surface area (Å²) in [5.74, 6) is 0.0927. The molecule has 0 fully saturated rings. The first-order chi connectivity index (χ1) is 9.08. The van der Waals surface area contributed by atoms with Crippen molar-refractivity contribution < 1.29 is 14.6 Å². The molecule has 0 aliphatic carbocycles.